The fraction of sp³-hybridized carbons (Fsp3) is 0.714. The van der Waals surface area contributed by atoms with Crippen molar-refractivity contribution >= 4 is 17.5 Å². The molecule has 19 heavy (non-hydrogen) atoms. The van der Waals surface area contributed by atoms with Crippen LogP contribution in [0.5, 0.6) is 5.88 Å². The molecule has 1 heterocycles. The van der Waals surface area contributed by atoms with Gasteiger partial charge in [0.05, 0.1) is 6.61 Å². The Morgan fingerprint density at radius 1 is 1.47 bits per heavy atom. The van der Waals surface area contributed by atoms with Crippen LogP contribution in [0.4, 0.5) is 5.95 Å². The maximum atomic E-state index is 5.81. The summed E-state index contributed by atoms with van der Waals surface area (Å²) in [6.45, 7) is 3.70. The van der Waals surface area contributed by atoms with Gasteiger partial charge in [0, 0.05) is 30.7 Å². The molecule has 5 heteroatoms. The molecule has 0 bridgehead atoms. The maximum absolute atomic E-state index is 5.81. The molecule has 0 atom stereocenters. The van der Waals surface area contributed by atoms with Gasteiger partial charge < -0.3 is 9.64 Å². The van der Waals surface area contributed by atoms with Crippen LogP contribution >= 0.6 is 11.6 Å². The van der Waals surface area contributed by atoms with E-state index < -0.39 is 0 Å². The molecule has 1 aliphatic carbocycles. The van der Waals surface area contributed by atoms with Gasteiger partial charge >= 0.3 is 0 Å². The van der Waals surface area contributed by atoms with Crippen molar-refractivity contribution in [2.24, 2.45) is 0 Å². The lowest BCUT2D eigenvalue weighted by molar-refractivity contribution is 0.303. The Morgan fingerprint density at radius 3 is 2.95 bits per heavy atom. The summed E-state index contributed by atoms with van der Waals surface area (Å²) >= 11 is 5.81. The maximum Gasteiger partial charge on any atom is 0.228 e. The quantitative estimate of drug-likeness (QED) is 0.687. The van der Waals surface area contributed by atoms with Crippen molar-refractivity contribution < 1.29 is 4.74 Å². The summed E-state index contributed by atoms with van der Waals surface area (Å²) in [5, 5.41) is 0. The number of rotatable bonds is 8. The van der Waals surface area contributed by atoms with Crippen molar-refractivity contribution in [1.29, 1.82) is 0 Å². The zero-order valence-electron chi connectivity index (χ0n) is 11.5. The number of aromatic nitrogens is 2. The van der Waals surface area contributed by atoms with Crippen LogP contribution in [-0.2, 0) is 0 Å². The van der Waals surface area contributed by atoms with Crippen molar-refractivity contribution in [2.75, 3.05) is 23.9 Å². The highest BCUT2D eigenvalue weighted by Crippen LogP contribution is 2.28. The van der Waals surface area contributed by atoms with Gasteiger partial charge in [-0.15, -0.1) is 11.6 Å². The topological polar surface area (TPSA) is 38.2 Å². The standard InChI is InChI=1S/C14H22ClN3O/c1-2-11-19-13-7-9-16-14(17-13)18(10-4-8-15)12-5-3-6-12/h7,9,12H,2-6,8,10-11H2,1H3. The summed E-state index contributed by atoms with van der Waals surface area (Å²) in [7, 11) is 0. The Hall–Kier alpha value is -1.03. The van der Waals surface area contributed by atoms with E-state index in [0.29, 0.717) is 24.4 Å². The Balaban J connectivity index is 2.06. The van der Waals surface area contributed by atoms with Gasteiger partial charge in [0.15, 0.2) is 0 Å². The van der Waals surface area contributed by atoms with Crippen molar-refractivity contribution in [3.05, 3.63) is 12.3 Å². The number of ether oxygens (including phenoxy) is 1. The highest BCUT2D eigenvalue weighted by molar-refractivity contribution is 6.17. The fourth-order valence-corrected chi connectivity index (χ4v) is 2.25. The van der Waals surface area contributed by atoms with E-state index in [1.54, 1.807) is 6.20 Å². The van der Waals surface area contributed by atoms with Crippen LogP contribution in [0.15, 0.2) is 12.3 Å². The summed E-state index contributed by atoms with van der Waals surface area (Å²) in [5.41, 5.74) is 0. The molecule has 0 N–H and O–H groups in total. The van der Waals surface area contributed by atoms with E-state index in [-0.39, 0.29) is 0 Å². The molecule has 0 aromatic carbocycles. The zero-order valence-corrected chi connectivity index (χ0v) is 12.3. The van der Waals surface area contributed by atoms with Gasteiger partial charge in [-0.3, -0.25) is 0 Å². The van der Waals surface area contributed by atoms with Crippen LogP contribution in [0, 0.1) is 0 Å². The average Bonchev–Trinajstić information content (AvgIpc) is 2.39. The van der Waals surface area contributed by atoms with E-state index in [1.165, 1.54) is 19.3 Å². The molecule has 1 aliphatic rings. The first-order valence-corrected chi connectivity index (χ1v) is 7.67. The number of anilines is 1. The van der Waals surface area contributed by atoms with Crippen LogP contribution in [-0.4, -0.2) is 35.0 Å². The lowest BCUT2D eigenvalue weighted by Gasteiger charge is -2.37. The molecule has 0 unspecified atom stereocenters. The molecule has 4 nitrogen and oxygen atoms in total. The molecule has 0 amide bonds. The first kappa shape index (κ1) is 14.4. The van der Waals surface area contributed by atoms with Crippen LogP contribution in [0.2, 0.25) is 0 Å². The molecule has 2 rings (SSSR count). The van der Waals surface area contributed by atoms with Crippen LogP contribution < -0.4 is 9.64 Å². The molecule has 0 radical (unpaired) electrons. The second kappa shape index (κ2) is 7.53. The molecule has 1 aromatic heterocycles. The predicted octanol–water partition coefficient (Wildman–Crippen LogP) is 3.25. The van der Waals surface area contributed by atoms with Gasteiger partial charge in [0.25, 0.3) is 0 Å². The summed E-state index contributed by atoms with van der Waals surface area (Å²) in [6.07, 6.45) is 7.48. The lowest BCUT2D eigenvalue weighted by Crippen LogP contribution is -2.42. The predicted molar refractivity (Wildman–Crippen MR) is 78.1 cm³/mol. The monoisotopic (exact) mass is 283 g/mol. The first-order valence-electron chi connectivity index (χ1n) is 7.13. The Bertz CT molecular complexity index is 385. The van der Waals surface area contributed by atoms with Gasteiger partial charge in [-0.05, 0) is 32.1 Å². The van der Waals surface area contributed by atoms with Crippen molar-refractivity contribution in [3.8, 4) is 5.88 Å². The fourth-order valence-electron chi connectivity index (χ4n) is 2.13. The van der Waals surface area contributed by atoms with Gasteiger partial charge in [0.1, 0.15) is 0 Å². The van der Waals surface area contributed by atoms with Crippen LogP contribution in [0.1, 0.15) is 39.0 Å². The van der Waals surface area contributed by atoms with Crippen LogP contribution in [0.3, 0.4) is 0 Å². The van der Waals surface area contributed by atoms with E-state index in [1.807, 2.05) is 6.07 Å². The highest BCUT2D eigenvalue weighted by atomic mass is 35.5. The number of hydrogen-bond donors (Lipinski definition) is 0. The van der Waals surface area contributed by atoms with E-state index in [0.717, 1.165) is 25.3 Å². The highest BCUT2D eigenvalue weighted by Gasteiger charge is 2.26. The summed E-state index contributed by atoms with van der Waals surface area (Å²) < 4.78 is 5.58. The van der Waals surface area contributed by atoms with Gasteiger partial charge in [-0.2, -0.15) is 4.98 Å². The number of nitrogens with zero attached hydrogens (tertiary/aromatic N) is 3. The second-order valence-corrected chi connectivity index (χ2v) is 5.24. The van der Waals surface area contributed by atoms with Gasteiger partial charge in [-0.25, -0.2) is 4.98 Å². The molecule has 0 spiro atoms. The summed E-state index contributed by atoms with van der Waals surface area (Å²) in [4.78, 5) is 11.2. The summed E-state index contributed by atoms with van der Waals surface area (Å²) in [5.74, 6) is 2.13. The van der Waals surface area contributed by atoms with E-state index in [4.69, 9.17) is 16.3 Å². The molecule has 0 saturated heterocycles. The lowest BCUT2D eigenvalue weighted by atomic mass is 9.91. The Labute approximate surface area is 120 Å². The van der Waals surface area contributed by atoms with Crippen LogP contribution in [0.25, 0.3) is 0 Å². The molecule has 1 saturated carbocycles. The first-order chi connectivity index (χ1) is 9.35. The normalized spacial score (nSPS) is 15.1. The average molecular weight is 284 g/mol. The number of alkyl halides is 1. The van der Waals surface area contributed by atoms with Gasteiger partial charge in [0.2, 0.25) is 11.8 Å². The van der Waals surface area contributed by atoms with E-state index in [9.17, 15) is 0 Å². The third-order valence-electron chi connectivity index (χ3n) is 3.38. The largest absolute Gasteiger partial charge is 0.478 e. The SMILES string of the molecule is CCCOc1ccnc(N(CCCCl)C2CCC2)n1. The molecule has 1 fully saturated rings. The zero-order chi connectivity index (χ0) is 13.5. The molecular formula is C14H22ClN3O. The minimum Gasteiger partial charge on any atom is -0.478 e. The van der Waals surface area contributed by atoms with E-state index >= 15 is 0 Å². The Morgan fingerprint density at radius 2 is 2.32 bits per heavy atom. The second-order valence-electron chi connectivity index (χ2n) is 4.86. The smallest absolute Gasteiger partial charge is 0.228 e. The Kier molecular flexibility index (Phi) is 5.70. The molecule has 0 aliphatic heterocycles. The molecular weight excluding hydrogens is 262 g/mol. The molecule has 106 valence electrons. The third kappa shape index (κ3) is 3.96. The van der Waals surface area contributed by atoms with Crippen molar-refractivity contribution in [1.82, 2.24) is 9.97 Å². The van der Waals surface area contributed by atoms with Gasteiger partial charge in [-0.1, -0.05) is 6.92 Å². The van der Waals surface area contributed by atoms with E-state index in [2.05, 4.69) is 21.8 Å². The number of halogens is 1. The minimum atomic E-state index is 0.574. The summed E-state index contributed by atoms with van der Waals surface area (Å²) in [6, 6.07) is 2.39. The van der Waals surface area contributed by atoms with Crippen molar-refractivity contribution in [3.63, 3.8) is 0 Å². The minimum absolute atomic E-state index is 0.574. The van der Waals surface area contributed by atoms with Crippen molar-refractivity contribution in [2.45, 2.75) is 45.1 Å². The molecule has 1 aromatic rings. The third-order valence-corrected chi connectivity index (χ3v) is 3.64. The number of hydrogen-bond acceptors (Lipinski definition) is 4.